The van der Waals surface area contributed by atoms with Crippen molar-refractivity contribution in [3.63, 3.8) is 0 Å². The highest BCUT2D eigenvalue weighted by Gasteiger charge is 2.31. The zero-order valence-electron chi connectivity index (χ0n) is 18.3. The summed E-state index contributed by atoms with van der Waals surface area (Å²) in [6.07, 6.45) is 2.82. The van der Waals surface area contributed by atoms with Crippen molar-refractivity contribution in [1.82, 2.24) is 0 Å². The first kappa shape index (κ1) is 21.8. The lowest BCUT2D eigenvalue weighted by molar-refractivity contribution is -0.384. The molecule has 8 heteroatoms. The number of ether oxygens (including phenoxy) is 1. The molecule has 1 fully saturated rings. The van der Waals surface area contributed by atoms with Crippen LogP contribution in [0, 0.1) is 16.0 Å². The van der Waals surface area contributed by atoms with Gasteiger partial charge in [0.15, 0.2) is 6.61 Å². The molecule has 32 heavy (non-hydrogen) atoms. The molecule has 1 amide bonds. The number of piperidine rings is 1. The maximum absolute atomic E-state index is 12.8. The largest absolute Gasteiger partial charge is 0.452 e. The minimum Gasteiger partial charge on any atom is -0.452 e. The second-order valence-electron chi connectivity index (χ2n) is 8.68. The maximum atomic E-state index is 12.8. The second-order valence-corrected chi connectivity index (χ2v) is 8.68. The van der Waals surface area contributed by atoms with E-state index in [1.807, 2.05) is 36.1 Å². The Morgan fingerprint density at radius 3 is 2.69 bits per heavy atom. The van der Waals surface area contributed by atoms with Gasteiger partial charge >= 0.3 is 5.97 Å². The van der Waals surface area contributed by atoms with E-state index in [1.54, 1.807) is 11.0 Å². The van der Waals surface area contributed by atoms with Crippen LogP contribution in [0.1, 0.15) is 42.6 Å². The molecule has 168 valence electrons. The predicted octanol–water partition coefficient (Wildman–Crippen LogP) is 3.97. The Bertz CT molecular complexity index is 1050. The van der Waals surface area contributed by atoms with Crippen LogP contribution in [-0.4, -0.2) is 42.5 Å². The molecule has 2 heterocycles. The number of nitrogens with zero attached hydrogens (tertiary/aromatic N) is 3. The first-order valence-corrected chi connectivity index (χ1v) is 11.0. The average Bonchev–Trinajstić information content (AvgIpc) is 3.12. The predicted molar refractivity (Wildman–Crippen MR) is 121 cm³/mol. The number of nitro groups is 1. The zero-order chi connectivity index (χ0) is 22.8. The number of fused-ring (bicyclic) bond motifs is 1. The minimum atomic E-state index is -0.750. The molecule has 0 spiro atoms. The Hall–Kier alpha value is -3.42. The van der Waals surface area contributed by atoms with Gasteiger partial charge in [-0.3, -0.25) is 14.9 Å². The lowest BCUT2D eigenvalue weighted by Gasteiger charge is -2.32. The van der Waals surface area contributed by atoms with Gasteiger partial charge in [0.25, 0.3) is 11.6 Å². The molecule has 0 unspecified atom stereocenters. The van der Waals surface area contributed by atoms with Crippen molar-refractivity contribution in [3.8, 4) is 0 Å². The number of carbonyl (C=O) groups is 2. The molecule has 2 aliphatic heterocycles. The van der Waals surface area contributed by atoms with Crippen molar-refractivity contribution in [1.29, 1.82) is 0 Å². The molecular weight excluding hydrogens is 410 g/mol. The van der Waals surface area contributed by atoms with Crippen LogP contribution in [-0.2, 0) is 16.0 Å². The lowest BCUT2D eigenvalue weighted by atomic mass is 9.99. The normalized spacial score (nSPS) is 20.1. The summed E-state index contributed by atoms with van der Waals surface area (Å²) in [7, 11) is 0. The topological polar surface area (TPSA) is 93.0 Å². The third-order valence-corrected chi connectivity index (χ3v) is 6.21. The van der Waals surface area contributed by atoms with E-state index in [2.05, 4.69) is 6.92 Å². The number of hydrogen-bond acceptors (Lipinski definition) is 6. The molecule has 8 nitrogen and oxygen atoms in total. The van der Waals surface area contributed by atoms with Gasteiger partial charge in [0.1, 0.15) is 5.69 Å². The van der Waals surface area contributed by atoms with E-state index < -0.39 is 17.5 Å². The van der Waals surface area contributed by atoms with E-state index >= 15 is 0 Å². The molecule has 0 bridgehead atoms. The highest BCUT2D eigenvalue weighted by atomic mass is 16.6. The van der Waals surface area contributed by atoms with Gasteiger partial charge in [-0.1, -0.05) is 25.1 Å². The van der Waals surface area contributed by atoms with Crippen LogP contribution in [0.2, 0.25) is 0 Å². The number of nitro benzene ring substituents is 1. The van der Waals surface area contributed by atoms with Gasteiger partial charge in [0, 0.05) is 30.9 Å². The quantitative estimate of drug-likeness (QED) is 0.399. The number of hydrogen-bond donors (Lipinski definition) is 0. The van der Waals surface area contributed by atoms with Gasteiger partial charge in [0.2, 0.25) is 0 Å². The van der Waals surface area contributed by atoms with Crippen LogP contribution in [0.3, 0.4) is 0 Å². The third-order valence-electron chi connectivity index (χ3n) is 6.21. The van der Waals surface area contributed by atoms with Crippen LogP contribution in [0.4, 0.5) is 17.1 Å². The molecule has 1 saturated heterocycles. The summed E-state index contributed by atoms with van der Waals surface area (Å²) >= 11 is 0. The van der Waals surface area contributed by atoms with Crippen molar-refractivity contribution in [2.45, 2.75) is 39.2 Å². The standard InChI is InChI=1S/C24H27N3O5/c1-16-6-5-11-25(14-16)21-10-9-19(13-22(21)27(30)31)24(29)32-15-23(28)26-17(2)12-18-7-3-4-8-20(18)26/h3-4,7-10,13,16-17H,5-6,11-12,14-15H2,1-2H3/t16-,17+/m1/s1. The second kappa shape index (κ2) is 8.98. The fourth-order valence-electron chi connectivity index (χ4n) is 4.70. The van der Waals surface area contributed by atoms with Crippen LogP contribution >= 0.6 is 0 Å². The summed E-state index contributed by atoms with van der Waals surface area (Å²) in [5.41, 5.74) is 2.36. The van der Waals surface area contributed by atoms with Crippen molar-refractivity contribution >= 4 is 28.9 Å². The van der Waals surface area contributed by atoms with Gasteiger partial charge in [0.05, 0.1) is 10.5 Å². The van der Waals surface area contributed by atoms with Crippen molar-refractivity contribution in [2.24, 2.45) is 5.92 Å². The highest BCUT2D eigenvalue weighted by molar-refractivity contribution is 5.99. The average molecular weight is 437 g/mol. The Kier molecular flexibility index (Phi) is 6.12. The number of benzene rings is 2. The fourth-order valence-corrected chi connectivity index (χ4v) is 4.70. The third kappa shape index (κ3) is 4.30. The SMILES string of the molecule is C[C@@H]1CCCN(c2ccc(C(=O)OCC(=O)N3c4ccccc4C[C@@H]3C)cc2[N+](=O)[O-])C1. The number of carbonyl (C=O) groups excluding carboxylic acids is 2. The molecule has 2 aliphatic rings. The molecule has 2 atom stereocenters. The van der Waals surface area contributed by atoms with Crippen LogP contribution in [0.25, 0.3) is 0 Å². The Morgan fingerprint density at radius 2 is 1.94 bits per heavy atom. The van der Waals surface area contributed by atoms with E-state index in [0.29, 0.717) is 11.6 Å². The maximum Gasteiger partial charge on any atom is 0.338 e. The number of anilines is 2. The molecular formula is C24H27N3O5. The first-order chi connectivity index (χ1) is 15.3. The number of para-hydroxylation sites is 1. The summed E-state index contributed by atoms with van der Waals surface area (Å²) in [6, 6.07) is 12.0. The summed E-state index contributed by atoms with van der Waals surface area (Å²) in [6.45, 7) is 5.15. The van der Waals surface area contributed by atoms with E-state index in [9.17, 15) is 19.7 Å². The number of rotatable bonds is 5. The highest BCUT2D eigenvalue weighted by Crippen LogP contribution is 2.33. The van der Waals surface area contributed by atoms with E-state index in [-0.39, 0.29) is 23.2 Å². The molecule has 0 aliphatic carbocycles. The Morgan fingerprint density at radius 1 is 1.16 bits per heavy atom. The van der Waals surface area contributed by atoms with E-state index in [1.165, 1.54) is 12.1 Å². The smallest absolute Gasteiger partial charge is 0.338 e. The van der Waals surface area contributed by atoms with E-state index in [4.69, 9.17) is 4.74 Å². The fraction of sp³-hybridized carbons (Fsp3) is 0.417. The monoisotopic (exact) mass is 437 g/mol. The molecule has 0 radical (unpaired) electrons. The molecule has 4 rings (SSSR count). The van der Waals surface area contributed by atoms with Crippen LogP contribution in [0.5, 0.6) is 0 Å². The van der Waals surface area contributed by atoms with Gasteiger partial charge < -0.3 is 14.5 Å². The molecule has 0 N–H and O–H groups in total. The molecule has 0 saturated carbocycles. The number of esters is 1. The van der Waals surface area contributed by atoms with Gasteiger partial charge in [-0.25, -0.2) is 4.79 Å². The first-order valence-electron chi connectivity index (χ1n) is 11.0. The molecule has 0 aromatic heterocycles. The zero-order valence-corrected chi connectivity index (χ0v) is 18.3. The van der Waals surface area contributed by atoms with Crippen LogP contribution in [0.15, 0.2) is 42.5 Å². The summed E-state index contributed by atoms with van der Waals surface area (Å²) < 4.78 is 5.24. The van der Waals surface area contributed by atoms with Gasteiger partial charge in [-0.15, -0.1) is 0 Å². The summed E-state index contributed by atoms with van der Waals surface area (Å²) in [5, 5.41) is 11.7. The van der Waals surface area contributed by atoms with Crippen LogP contribution < -0.4 is 9.80 Å². The summed E-state index contributed by atoms with van der Waals surface area (Å²) in [4.78, 5) is 40.2. The number of amides is 1. The molecule has 2 aromatic carbocycles. The minimum absolute atomic E-state index is 0.0223. The van der Waals surface area contributed by atoms with Crippen molar-refractivity contribution in [2.75, 3.05) is 29.5 Å². The summed E-state index contributed by atoms with van der Waals surface area (Å²) in [5.74, 6) is -0.610. The van der Waals surface area contributed by atoms with Crippen molar-refractivity contribution < 1.29 is 19.2 Å². The van der Waals surface area contributed by atoms with Crippen molar-refractivity contribution in [3.05, 3.63) is 63.7 Å². The lowest BCUT2D eigenvalue weighted by Crippen LogP contribution is -2.38. The van der Waals surface area contributed by atoms with E-state index in [0.717, 1.165) is 43.6 Å². The van der Waals surface area contributed by atoms with Gasteiger partial charge in [-0.2, -0.15) is 0 Å². The Balaban J connectivity index is 1.46. The van der Waals surface area contributed by atoms with Gasteiger partial charge in [-0.05, 0) is 55.9 Å². The Labute approximate surface area is 186 Å². The molecule has 2 aromatic rings.